The molecule has 106 valence electrons. The molecule has 1 amide bonds. The van der Waals surface area contributed by atoms with E-state index in [9.17, 15) is 4.79 Å². The molecule has 20 heavy (non-hydrogen) atoms. The third kappa shape index (κ3) is 2.16. The predicted molar refractivity (Wildman–Crippen MR) is 83.5 cm³/mol. The second-order valence-electron chi connectivity index (χ2n) is 4.96. The van der Waals surface area contributed by atoms with Crippen LogP contribution in [0.1, 0.15) is 34.1 Å². The average molecular weight is 307 g/mol. The molecule has 1 aliphatic carbocycles. The number of hydrogen-bond donors (Lipinski definition) is 1. The molecule has 0 aromatic carbocycles. The van der Waals surface area contributed by atoms with Crippen LogP contribution in [-0.4, -0.2) is 21.4 Å². The van der Waals surface area contributed by atoms with Gasteiger partial charge in [-0.2, -0.15) is 5.10 Å². The highest BCUT2D eigenvalue weighted by Crippen LogP contribution is 2.46. The van der Waals surface area contributed by atoms with Gasteiger partial charge in [0.1, 0.15) is 0 Å². The normalized spacial score (nSPS) is 13.1. The van der Waals surface area contributed by atoms with Gasteiger partial charge in [0.15, 0.2) is 0 Å². The first-order valence-electron chi connectivity index (χ1n) is 6.73. The van der Waals surface area contributed by atoms with Gasteiger partial charge in [-0.15, -0.1) is 23.1 Å². The number of rotatable bonds is 4. The standard InChI is InChI=1S/C14H17N3OS2/c1-3-6-19-14-10-9(12(20-14)13(15)18)5-4-8-7-17(2)16-11(8)10/h7H,3-6H2,1-2H3,(H2,15,18). The number of nitrogens with zero attached hydrogens (tertiary/aromatic N) is 2. The lowest BCUT2D eigenvalue weighted by Gasteiger charge is -2.13. The molecule has 0 saturated heterocycles. The Bertz CT molecular complexity index is 672. The second kappa shape index (κ2) is 5.26. The Hall–Kier alpha value is -1.27. The number of aryl methyl sites for hydroxylation is 2. The van der Waals surface area contributed by atoms with Crippen LogP contribution in [0.5, 0.6) is 0 Å². The molecule has 0 atom stereocenters. The fourth-order valence-electron chi connectivity index (χ4n) is 2.61. The second-order valence-corrected chi connectivity index (χ2v) is 7.35. The molecule has 2 heterocycles. The average Bonchev–Trinajstić information content (AvgIpc) is 2.95. The Morgan fingerprint density at radius 3 is 3.05 bits per heavy atom. The Labute approximate surface area is 126 Å². The lowest BCUT2D eigenvalue weighted by atomic mass is 9.92. The van der Waals surface area contributed by atoms with Crippen molar-refractivity contribution in [3.05, 3.63) is 22.2 Å². The summed E-state index contributed by atoms with van der Waals surface area (Å²) in [6.07, 6.45) is 5.01. The van der Waals surface area contributed by atoms with E-state index in [2.05, 4.69) is 18.2 Å². The maximum atomic E-state index is 11.7. The smallest absolute Gasteiger partial charge is 0.259 e. The van der Waals surface area contributed by atoms with E-state index in [0.29, 0.717) is 0 Å². The minimum Gasteiger partial charge on any atom is -0.365 e. The van der Waals surface area contributed by atoms with Gasteiger partial charge in [0.05, 0.1) is 14.8 Å². The van der Waals surface area contributed by atoms with E-state index in [4.69, 9.17) is 5.73 Å². The van der Waals surface area contributed by atoms with Crippen LogP contribution in [0.2, 0.25) is 0 Å². The molecule has 0 fully saturated rings. The van der Waals surface area contributed by atoms with Crippen LogP contribution in [-0.2, 0) is 19.9 Å². The number of carbonyl (C=O) groups excluding carboxylic acids is 1. The zero-order chi connectivity index (χ0) is 14.3. The van der Waals surface area contributed by atoms with Crippen molar-refractivity contribution in [2.45, 2.75) is 30.4 Å². The molecule has 0 unspecified atom stereocenters. The zero-order valence-electron chi connectivity index (χ0n) is 11.6. The highest BCUT2D eigenvalue weighted by Gasteiger charge is 2.29. The summed E-state index contributed by atoms with van der Waals surface area (Å²) in [5.74, 6) is 0.738. The van der Waals surface area contributed by atoms with Crippen LogP contribution in [0.25, 0.3) is 11.3 Å². The highest BCUT2D eigenvalue weighted by atomic mass is 32.2. The number of aromatic nitrogens is 2. The number of thiophene rings is 1. The summed E-state index contributed by atoms with van der Waals surface area (Å²) in [5, 5.41) is 4.59. The number of amides is 1. The lowest BCUT2D eigenvalue weighted by molar-refractivity contribution is 0.100. The number of primary amides is 1. The van der Waals surface area contributed by atoms with Gasteiger partial charge in [0.25, 0.3) is 5.91 Å². The first-order chi connectivity index (χ1) is 9.61. The maximum Gasteiger partial charge on any atom is 0.259 e. The van der Waals surface area contributed by atoms with Gasteiger partial charge in [-0.05, 0) is 36.1 Å². The lowest BCUT2D eigenvalue weighted by Crippen LogP contribution is -2.13. The molecule has 4 nitrogen and oxygen atoms in total. The summed E-state index contributed by atoms with van der Waals surface area (Å²) in [6, 6.07) is 0. The van der Waals surface area contributed by atoms with Crippen LogP contribution in [0, 0.1) is 0 Å². The number of nitrogens with two attached hydrogens (primary N) is 1. The van der Waals surface area contributed by atoms with Crippen molar-refractivity contribution >= 4 is 29.0 Å². The topological polar surface area (TPSA) is 60.9 Å². The Balaban J connectivity index is 2.16. The predicted octanol–water partition coefficient (Wildman–Crippen LogP) is 2.85. The number of thioether (sulfide) groups is 1. The largest absolute Gasteiger partial charge is 0.365 e. The molecule has 0 spiro atoms. The Morgan fingerprint density at radius 1 is 1.55 bits per heavy atom. The minimum absolute atomic E-state index is 0.311. The van der Waals surface area contributed by atoms with Gasteiger partial charge in [-0.3, -0.25) is 9.48 Å². The Kier molecular flexibility index (Phi) is 3.60. The SMILES string of the molecule is CCCSc1sc(C(N)=O)c2c1-c1nn(C)cc1CC2. The summed E-state index contributed by atoms with van der Waals surface area (Å²) in [6.45, 7) is 2.16. The van der Waals surface area contributed by atoms with Crippen molar-refractivity contribution in [1.82, 2.24) is 9.78 Å². The van der Waals surface area contributed by atoms with E-state index in [1.165, 1.54) is 21.1 Å². The zero-order valence-corrected chi connectivity index (χ0v) is 13.2. The van der Waals surface area contributed by atoms with E-state index in [-0.39, 0.29) is 5.91 Å². The van der Waals surface area contributed by atoms with Gasteiger partial charge in [-0.25, -0.2) is 0 Å². The summed E-state index contributed by atoms with van der Waals surface area (Å²) < 4.78 is 3.05. The van der Waals surface area contributed by atoms with Gasteiger partial charge < -0.3 is 5.73 Å². The molecule has 2 aromatic heterocycles. The van der Waals surface area contributed by atoms with E-state index in [1.807, 2.05) is 23.5 Å². The van der Waals surface area contributed by atoms with Crippen LogP contribution in [0.15, 0.2) is 10.4 Å². The van der Waals surface area contributed by atoms with Crippen molar-refractivity contribution in [3.63, 3.8) is 0 Å². The molecular weight excluding hydrogens is 290 g/mol. The van der Waals surface area contributed by atoms with Crippen LogP contribution >= 0.6 is 23.1 Å². The summed E-state index contributed by atoms with van der Waals surface area (Å²) in [7, 11) is 1.94. The molecule has 0 radical (unpaired) electrons. The van der Waals surface area contributed by atoms with Crippen molar-refractivity contribution in [2.24, 2.45) is 12.8 Å². The molecule has 3 rings (SSSR count). The van der Waals surface area contributed by atoms with Crippen LogP contribution in [0.4, 0.5) is 0 Å². The van der Waals surface area contributed by atoms with E-state index < -0.39 is 0 Å². The maximum absolute atomic E-state index is 11.7. The Morgan fingerprint density at radius 2 is 2.35 bits per heavy atom. The van der Waals surface area contributed by atoms with Gasteiger partial charge in [-0.1, -0.05) is 6.92 Å². The monoisotopic (exact) mass is 307 g/mol. The quantitative estimate of drug-likeness (QED) is 0.884. The molecular formula is C14H17N3OS2. The summed E-state index contributed by atoms with van der Waals surface area (Å²) in [5.41, 5.74) is 10.1. The fourth-order valence-corrected chi connectivity index (χ4v) is 5.03. The molecule has 1 aliphatic rings. The molecule has 2 N–H and O–H groups in total. The number of fused-ring (bicyclic) bond motifs is 3. The fraction of sp³-hybridized carbons (Fsp3) is 0.429. The third-order valence-electron chi connectivity index (χ3n) is 3.42. The summed E-state index contributed by atoms with van der Waals surface area (Å²) in [4.78, 5) is 12.4. The summed E-state index contributed by atoms with van der Waals surface area (Å²) >= 11 is 3.34. The van der Waals surface area contributed by atoms with Crippen LogP contribution < -0.4 is 5.73 Å². The van der Waals surface area contributed by atoms with E-state index in [0.717, 1.165) is 46.7 Å². The minimum atomic E-state index is -0.311. The molecule has 0 bridgehead atoms. The molecule has 0 saturated carbocycles. The van der Waals surface area contributed by atoms with Gasteiger partial charge >= 0.3 is 0 Å². The van der Waals surface area contributed by atoms with Crippen molar-refractivity contribution in [1.29, 1.82) is 0 Å². The number of hydrogen-bond acceptors (Lipinski definition) is 4. The molecule has 0 aliphatic heterocycles. The highest BCUT2D eigenvalue weighted by molar-refractivity contribution is 8.01. The van der Waals surface area contributed by atoms with Crippen LogP contribution in [0.3, 0.4) is 0 Å². The molecule has 2 aromatic rings. The van der Waals surface area contributed by atoms with Crippen molar-refractivity contribution < 1.29 is 4.79 Å². The third-order valence-corrected chi connectivity index (χ3v) is 6.14. The van der Waals surface area contributed by atoms with Crippen molar-refractivity contribution in [2.75, 3.05) is 5.75 Å². The van der Waals surface area contributed by atoms with E-state index in [1.54, 1.807) is 0 Å². The first kappa shape index (κ1) is 13.7. The number of carbonyl (C=O) groups is 1. The first-order valence-corrected chi connectivity index (χ1v) is 8.53. The molecule has 6 heteroatoms. The van der Waals surface area contributed by atoms with Gasteiger partial charge in [0, 0.05) is 18.8 Å². The van der Waals surface area contributed by atoms with Gasteiger partial charge in [0.2, 0.25) is 0 Å². The van der Waals surface area contributed by atoms with Crippen molar-refractivity contribution in [3.8, 4) is 11.3 Å². The van der Waals surface area contributed by atoms with E-state index >= 15 is 0 Å².